The molecule has 1 aromatic heterocycles. The van der Waals surface area contributed by atoms with Crippen LogP contribution in [-0.2, 0) is 24.6 Å². The Bertz CT molecular complexity index is 1080. The molecule has 0 saturated heterocycles. The van der Waals surface area contributed by atoms with Crippen LogP contribution in [0.15, 0.2) is 52.1 Å². The lowest BCUT2D eigenvalue weighted by Crippen LogP contribution is -2.16. The Balaban J connectivity index is 1.57. The van der Waals surface area contributed by atoms with Gasteiger partial charge in [0.25, 0.3) is 0 Å². The number of amides is 1. The number of nitrogens with one attached hydrogen (secondary N) is 1. The fraction of sp³-hybridized carbons (Fsp3) is 0.211. The molecule has 0 aliphatic heterocycles. The molecular weight excluding hydrogens is 521 g/mol. The maximum atomic E-state index is 12.9. The third-order valence-electron chi connectivity index (χ3n) is 4.01. The Hall–Kier alpha value is -2.24. The first kappa shape index (κ1) is 23.4. The fourth-order valence-corrected chi connectivity index (χ4v) is 3.55. The van der Waals surface area contributed by atoms with Gasteiger partial charge in [-0.25, -0.2) is 0 Å². The molecule has 0 unspecified atom stereocenters. The van der Waals surface area contributed by atoms with Gasteiger partial charge in [-0.3, -0.25) is 4.79 Å². The van der Waals surface area contributed by atoms with E-state index in [4.69, 9.17) is 16.3 Å². The van der Waals surface area contributed by atoms with Gasteiger partial charge in [0.1, 0.15) is 12.4 Å². The maximum absolute atomic E-state index is 12.9. The molecule has 0 saturated carbocycles. The van der Waals surface area contributed by atoms with Crippen LogP contribution in [0.5, 0.6) is 5.75 Å². The third-order valence-corrected chi connectivity index (χ3v) is 5.89. The second kappa shape index (κ2) is 9.92. The van der Waals surface area contributed by atoms with Crippen LogP contribution in [-0.4, -0.2) is 26.4 Å². The van der Waals surface area contributed by atoms with Crippen LogP contribution in [0.3, 0.4) is 0 Å². The molecule has 0 aliphatic carbocycles. The van der Waals surface area contributed by atoms with Crippen molar-refractivity contribution in [2.24, 2.45) is 7.05 Å². The molecule has 3 aromatic rings. The standard InChI is InChI=1S/C19H15BrClF3N4O2S/c1-28-16(9-30-13-5-3-12(20)4-6-13)26-27-18(28)31-10-17(29)25-15-8-11(19(22,23)24)2-7-14(15)21/h2-8H,9-10H2,1H3,(H,25,29). The van der Waals surface area contributed by atoms with E-state index >= 15 is 0 Å². The van der Waals surface area contributed by atoms with E-state index in [2.05, 4.69) is 31.4 Å². The molecule has 1 heterocycles. The summed E-state index contributed by atoms with van der Waals surface area (Å²) in [4.78, 5) is 12.2. The van der Waals surface area contributed by atoms with Crippen LogP contribution in [0.1, 0.15) is 11.4 Å². The van der Waals surface area contributed by atoms with Crippen LogP contribution in [0.25, 0.3) is 0 Å². The number of anilines is 1. The minimum absolute atomic E-state index is 0.0115. The van der Waals surface area contributed by atoms with E-state index in [0.29, 0.717) is 16.7 Å². The number of hydrogen-bond donors (Lipinski definition) is 1. The van der Waals surface area contributed by atoms with E-state index in [0.717, 1.165) is 34.4 Å². The molecule has 0 atom stereocenters. The molecule has 0 radical (unpaired) electrons. The zero-order valence-electron chi connectivity index (χ0n) is 15.9. The highest BCUT2D eigenvalue weighted by molar-refractivity contribution is 9.10. The average molecular weight is 536 g/mol. The van der Waals surface area contributed by atoms with Crippen molar-refractivity contribution in [3.8, 4) is 5.75 Å². The molecule has 6 nitrogen and oxygen atoms in total. The number of rotatable bonds is 7. The molecule has 3 rings (SSSR count). The predicted molar refractivity (Wildman–Crippen MR) is 115 cm³/mol. The van der Waals surface area contributed by atoms with Crippen molar-refractivity contribution in [3.63, 3.8) is 0 Å². The van der Waals surface area contributed by atoms with Crippen molar-refractivity contribution in [2.45, 2.75) is 17.9 Å². The van der Waals surface area contributed by atoms with E-state index in [-0.39, 0.29) is 23.1 Å². The Morgan fingerprint density at radius 2 is 1.94 bits per heavy atom. The zero-order chi connectivity index (χ0) is 22.6. The molecule has 31 heavy (non-hydrogen) atoms. The maximum Gasteiger partial charge on any atom is 0.416 e. The molecule has 164 valence electrons. The van der Waals surface area contributed by atoms with Crippen molar-refractivity contribution >= 4 is 50.9 Å². The predicted octanol–water partition coefficient (Wildman–Crippen LogP) is 5.56. The number of hydrogen-bond acceptors (Lipinski definition) is 5. The van der Waals surface area contributed by atoms with Crippen LogP contribution in [0, 0.1) is 0 Å². The highest BCUT2D eigenvalue weighted by atomic mass is 79.9. The van der Waals surface area contributed by atoms with Crippen LogP contribution >= 0.6 is 39.3 Å². The van der Waals surface area contributed by atoms with Crippen LogP contribution in [0.4, 0.5) is 18.9 Å². The molecule has 12 heteroatoms. The highest BCUT2D eigenvalue weighted by Crippen LogP contribution is 2.34. The van der Waals surface area contributed by atoms with Crippen LogP contribution in [0.2, 0.25) is 5.02 Å². The van der Waals surface area contributed by atoms with Gasteiger partial charge < -0.3 is 14.6 Å². The van der Waals surface area contributed by atoms with Gasteiger partial charge in [0.15, 0.2) is 11.0 Å². The number of thioether (sulfide) groups is 1. The SMILES string of the molecule is Cn1c(COc2ccc(Br)cc2)nnc1SCC(=O)Nc1cc(C(F)(F)F)ccc1Cl. The molecule has 0 bridgehead atoms. The summed E-state index contributed by atoms with van der Waals surface area (Å²) in [6, 6.07) is 10.0. The second-order valence-corrected chi connectivity index (χ2v) is 8.50. The minimum atomic E-state index is -4.54. The van der Waals surface area contributed by atoms with E-state index in [1.54, 1.807) is 23.7 Å². The van der Waals surface area contributed by atoms with Gasteiger partial charge in [0.2, 0.25) is 5.91 Å². The number of carbonyl (C=O) groups is 1. The fourth-order valence-electron chi connectivity index (χ4n) is 2.39. The largest absolute Gasteiger partial charge is 0.486 e. The van der Waals surface area contributed by atoms with Crippen molar-refractivity contribution in [1.29, 1.82) is 0 Å². The first-order chi connectivity index (χ1) is 14.6. The summed E-state index contributed by atoms with van der Waals surface area (Å²) in [6.45, 7) is 0.178. The molecule has 0 fully saturated rings. The van der Waals surface area contributed by atoms with Crippen molar-refractivity contribution in [2.75, 3.05) is 11.1 Å². The van der Waals surface area contributed by atoms with Gasteiger partial charge >= 0.3 is 6.18 Å². The van der Waals surface area contributed by atoms with Gasteiger partial charge in [-0.1, -0.05) is 39.3 Å². The molecule has 1 N–H and O–H groups in total. The summed E-state index contributed by atoms with van der Waals surface area (Å²) in [5.41, 5.74) is -1.01. The van der Waals surface area contributed by atoms with Crippen molar-refractivity contribution in [1.82, 2.24) is 14.8 Å². The second-order valence-electron chi connectivity index (χ2n) is 6.23. The number of carbonyl (C=O) groups excluding carboxylic acids is 1. The molecule has 0 spiro atoms. The van der Waals surface area contributed by atoms with E-state index in [1.165, 1.54) is 0 Å². The minimum Gasteiger partial charge on any atom is -0.486 e. The van der Waals surface area contributed by atoms with Crippen LogP contribution < -0.4 is 10.1 Å². The number of alkyl halides is 3. The summed E-state index contributed by atoms with van der Waals surface area (Å²) in [5.74, 6) is 0.595. The normalized spacial score (nSPS) is 11.4. The number of ether oxygens (including phenoxy) is 1. The summed E-state index contributed by atoms with van der Waals surface area (Å²) in [5, 5.41) is 10.9. The lowest BCUT2D eigenvalue weighted by molar-refractivity contribution is -0.137. The average Bonchev–Trinajstić information content (AvgIpc) is 3.06. The Kier molecular flexibility index (Phi) is 7.50. The summed E-state index contributed by atoms with van der Waals surface area (Å²) < 4.78 is 46.8. The molecular formula is C19H15BrClF3N4O2S. The first-order valence-electron chi connectivity index (χ1n) is 8.69. The van der Waals surface area contributed by atoms with Gasteiger partial charge in [0.05, 0.1) is 22.0 Å². The number of nitrogens with zero attached hydrogens (tertiary/aromatic N) is 3. The van der Waals surface area contributed by atoms with E-state index in [1.807, 2.05) is 12.1 Å². The zero-order valence-corrected chi connectivity index (χ0v) is 19.1. The molecule has 2 aromatic carbocycles. The summed E-state index contributed by atoms with van der Waals surface area (Å²) in [7, 11) is 1.73. The van der Waals surface area contributed by atoms with E-state index in [9.17, 15) is 18.0 Å². The van der Waals surface area contributed by atoms with Gasteiger partial charge in [-0.05, 0) is 42.5 Å². The third kappa shape index (κ3) is 6.37. The van der Waals surface area contributed by atoms with Gasteiger partial charge in [-0.2, -0.15) is 13.2 Å². The Morgan fingerprint density at radius 3 is 2.61 bits per heavy atom. The quantitative estimate of drug-likeness (QED) is 0.401. The first-order valence-corrected chi connectivity index (χ1v) is 10.8. The van der Waals surface area contributed by atoms with Crippen molar-refractivity contribution in [3.05, 3.63) is 63.3 Å². The van der Waals surface area contributed by atoms with Gasteiger partial charge in [-0.15, -0.1) is 10.2 Å². The summed E-state index contributed by atoms with van der Waals surface area (Å²) in [6.07, 6.45) is -4.54. The molecule has 1 amide bonds. The van der Waals surface area contributed by atoms with Gasteiger partial charge in [0, 0.05) is 11.5 Å². The lowest BCUT2D eigenvalue weighted by atomic mass is 10.2. The monoisotopic (exact) mass is 534 g/mol. The Labute approximate surface area is 193 Å². The number of halogens is 5. The highest BCUT2D eigenvalue weighted by Gasteiger charge is 2.31. The Morgan fingerprint density at radius 1 is 1.23 bits per heavy atom. The lowest BCUT2D eigenvalue weighted by Gasteiger charge is -2.11. The number of aromatic nitrogens is 3. The number of benzene rings is 2. The molecule has 0 aliphatic rings. The van der Waals surface area contributed by atoms with E-state index < -0.39 is 17.6 Å². The summed E-state index contributed by atoms with van der Waals surface area (Å²) >= 11 is 10.3. The van der Waals surface area contributed by atoms with Crippen molar-refractivity contribution < 1.29 is 22.7 Å². The smallest absolute Gasteiger partial charge is 0.416 e. The topological polar surface area (TPSA) is 69.0 Å².